The molecule has 0 bridgehead atoms. The van der Waals surface area contributed by atoms with Gasteiger partial charge in [-0.25, -0.2) is 4.98 Å². The lowest BCUT2D eigenvalue weighted by atomic mass is 10.1. The maximum absolute atomic E-state index is 10.9. The van der Waals surface area contributed by atoms with Crippen LogP contribution >= 0.6 is 11.3 Å². The fourth-order valence-corrected chi connectivity index (χ4v) is 2.65. The van der Waals surface area contributed by atoms with Crippen molar-refractivity contribution < 1.29 is 14.3 Å². The summed E-state index contributed by atoms with van der Waals surface area (Å²) < 4.78 is 10.6. The summed E-state index contributed by atoms with van der Waals surface area (Å²) in [6.07, 6.45) is 0.781. The molecule has 1 aromatic heterocycles. The summed E-state index contributed by atoms with van der Waals surface area (Å²) in [6, 6.07) is 5.64. The molecule has 0 unspecified atom stereocenters. The van der Waals surface area contributed by atoms with E-state index in [0.717, 1.165) is 27.5 Å². The minimum Gasteiger partial charge on any atom is -0.454 e. The third-order valence-electron chi connectivity index (χ3n) is 2.51. The maximum Gasteiger partial charge on any atom is 0.231 e. The van der Waals surface area contributed by atoms with Gasteiger partial charge < -0.3 is 9.47 Å². The molecule has 1 aromatic carbocycles. The van der Waals surface area contributed by atoms with Crippen LogP contribution in [0.3, 0.4) is 0 Å². The number of hydrogen-bond acceptors (Lipinski definition) is 5. The SMILES string of the molecule is Cc1nc(C=O)c(-c2ccc3c(c2)OCO3)s1. The van der Waals surface area contributed by atoms with Gasteiger partial charge in [-0.3, -0.25) is 4.79 Å². The predicted octanol–water partition coefficient (Wildman–Crippen LogP) is 2.66. The van der Waals surface area contributed by atoms with Crippen molar-refractivity contribution in [2.24, 2.45) is 0 Å². The van der Waals surface area contributed by atoms with Crippen LogP contribution in [-0.4, -0.2) is 18.1 Å². The van der Waals surface area contributed by atoms with Crippen molar-refractivity contribution >= 4 is 17.6 Å². The second kappa shape index (κ2) is 3.85. The van der Waals surface area contributed by atoms with Crippen LogP contribution in [0.15, 0.2) is 18.2 Å². The summed E-state index contributed by atoms with van der Waals surface area (Å²) in [5.41, 5.74) is 1.41. The fraction of sp³-hybridized carbons (Fsp3) is 0.167. The van der Waals surface area contributed by atoms with Gasteiger partial charge >= 0.3 is 0 Å². The topological polar surface area (TPSA) is 48.4 Å². The average Bonchev–Trinajstić information content (AvgIpc) is 2.93. The van der Waals surface area contributed by atoms with Gasteiger partial charge in [0.1, 0.15) is 5.69 Å². The molecular formula is C12H9NO3S. The van der Waals surface area contributed by atoms with E-state index >= 15 is 0 Å². The molecule has 0 atom stereocenters. The average molecular weight is 247 g/mol. The fourth-order valence-electron chi connectivity index (χ4n) is 1.77. The molecule has 0 saturated carbocycles. The smallest absolute Gasteiger partial charge is 0.231 e. The first kappa shape index (κ1) is 10.3. The summed E-state index contributed by atoms with van der Waals surface area (Å²) in [4.78, 5) is 16.0. The normalized spacial score (nSPS) is 12.8. The lowest BCUT2D eigenvalue weighted by Gasteiger charge is -2.00. The highest BCUT2D eigenvalue weighted by molar-refractivity contribution is 7.15. The Hall–Kier alpha value is -1.88. The van der Waals surface area contributed by atoms with Gasteiger partial charge in [-0.05, 0) is 30.7 Å². The number of aldehydes is 1. The summed E-state index contributed by atoms with van der Waals surface area (Å²) in [7, 11) is 0. The van der Waals surface area contributed by atoms with Gasteiger partial charge in [0.05, 0.1) is 9.88 Å². The van der Waals surface area contributed by atoms with E-state index in [-0.39, 0.29) is 6.79 Å². The maximum atomic E-state index is 10.9. The van der Waals surface area contributed by atoms with Gasteiger partial charge in [0.15, 0.2) is 17.8 Å². The zero-order chi connectivity index (χ0) is 11.8. The van der Waals surface area contributed by atoms with Crippen LogP contribution < -0.4 is 9.47 Å². The summed E-state index contributed by atoms with van der Waals surface area (Å²) in [5.74, 6) is 1.45. The van der Waals surface area contributed by atoms with E-state index in [9.17, 15) is 4.79 Å². The van der Waals surface area contributed by atoms with E-state index in [0.29, 0.717) is 11.4 Å². The number of aryl methyl sites for hydroxylation is 1. The van der Waals surface area contributed by atoms with Crippen LogP contribution in [-0.2, 0) is 0 Å². The molecule has 0 radical (unpaired) electrons. The van der Waals surface area contributed by atoms with Crippen molar-refractivity contribution in [1.29, 1.82) is 0 Å². The molecule has 0 fully saturated rings. The van der Waals surface area contributed by atoms with E-state index in [4.69, 9.17) is 9.47 Å². The van der Waals surface area contributed by atoms with Crippen molar-refractivity contribution in [3.05, 3.63) is 28.9 Å². The van der Waals surface area contributed by atoms with Crippen LogP contribution in [0.5, 0.6) is 11.5 Å². The Kier molecular flexibility index (Phi) is 2.33. The molecule has 0 spiro atoms. The Bertz CT molecular complexity index is 591. The molecule has 0 N–H and O–H groups in total. The molecule has 1 aliphatic rings. The number of aromatic nitrogens is 1. The molecule has 2 heterocycles. The number of benzene rings is 1. The molecule has 4 nitrogen and oxygen atoms in total. The Labute approximate surface area is 102 Å². The second-order valence-corrected chi connectivity index (χ2v) is 4.84. The second-order valence-electron chi connectivity index (χ2n) is 3.63. The van der Waals surface area contributed by atoms with Crippen LogP contribution in [0.4, 0.5) is 0 Å². The lowest BCUT2D eigenvalue weighted by Crippen LogP contribution is -1.92. The van der Waals surface area contributed by atoms with Crippen LogP contribution in [0.2, 0.25) is 0 Å². The monoisotopic (exact) mass is 247 g/mol. The van der Waals surface area contributed by atoms with Crippen molar-refractivity contribution in [1.82, 2.24) is 4.98 Å². The number of ether oxygens (including phenoxy) is 2. The zero-order valence-corrected chi connectivity index (χ0v) is 9.91. The third-order valence-corrected chi connectivity index (χ3v) is 3.54. The van der Waals surface area contributed by atoms with Gasteiger partial charge in [0, 0.05) is 0 Å². The molecule has 2 aromatic rings. The van der Waals surface area contributed by atoms with E-state index in [1.807, 2.05) is 25.1 Å². The molecule has 0 saturated heterocycles. The van der Waals surface area contributed by atoms with E-state index in [1.54, 1.807) is 0 Å². The highest BCUT2D eigenvalue weighted by Crippen LogP contribution is 2.38. The Balaban J connectivity index is 2.12. The van der Waals surface area contributed by atoms with Crippen molar-refractivity contribution in [3.8, 4) is 21.9 Å². The third kappa shape index (κ3) is 1.68. The minimum absolute atomic E-state index is 0.251. The van der Waals surface area contributed by atoms with E-state index in [1.165, 1.54) is 11.3 Å². The Morgan fingerprint density at radius 2 is 2.18 bits per heavy atom. The first-order chi connectivity index (χ1) is 8.28. The summed E-state index contributed by atoms with van der Waals surface area (Å²) in [5, 5.41) is 0.875. The van der Waals surface area contributed by atoms with Crippen molar-refractivity contribution in [2.75, 3.05) is 6.79 Å². The largest absolute Gasteiger partial charge is 0.454 e. The van der Waals surface area contributed by atoms with Crippen LogP contribution in [0.25, 0.3) is 10.4 Å². The number of rotatable bonds is 2. The van der Waals surface area contributed by atoms with Gasteiger partial charge in [-0.15, -0.1) is 11.3 Å². The van der Waals surface area contributed by atoms with Gasteiger partial charge in [0.25, 0.3) is 0 Å². The number of nitrogens with zero attached hydrogens (tertiary/aromatic N) is 1. The van der Waals surface area contributed by atoms with E-state index in [2.05, 4.69) is 4.98 Å². The molecule has 17 heavy (non-hydrogen) atoms. The number of fused-ring (bicyclic) bond motifs is 1. The first-order valence-electron chi connectivity index (χ1n) is 5.10. The number of carbonyl (C=O) groups is 1. The van der Waals surface area contributed by atoms with Crippen molar-refractivity contribution in [3.63, 3.8) is 0 Å². The molecule has 1 aliphatic heterocycles. The Morgan fingerprint density at radius 1 is 1.35 bits per heavy atom. The quantitative estimate of drug-likeness (QED) is 0.765. The Morgan fingerprint density at radius 3 is 3.00 bits per heavy atom. The number of hydrogen-bond donors (Lipinski definition) is 0. The number of thiazole rings is 1. The van der Waals surface area contributed by atoms with Gasteiger partial charge in [-0.1, -0.05) is 0 Å². The zero-order valence-electron chi connectivity index (χ0n) is 9.10. The highest BCUT2D eigenvalue weighted by atomic mass is 32.1. The molecule has 86 valence electrons. The molecule has 0 amide bonds. The number of carbonyl (C=O) groups excluding carboxylic acids is 1. The summed E-state index contributed by atoms with van der Waals surface area (Å²) >= 11 is 1.50. The minimum atomic E-state index is 0.251. The molecule has 5 heteroatoms. The molecular weight excluding hydrogens is 238 g/mol. The molecule has 3 rings (SSSR count). The van der Waals surface area contributed by atoms with Gasteiger partial charge in [-0.2, -0.15) is 0 Å². The van der Waals surface area contributed by atoms with Crippen LogP contribution in [0, 0.1) is 6.92 Å². The lowest BCUT2D eigenvalue weighted by molar-refractivity contribution is 0.112. The standard InChI is InChI=1S/C12H9NO3S/c1-7-13-9(5-14)12(17-7)8-2-3-10-11(4-8)16-6-15-10/h2-5H,6H2,1H3. The summed E-state index contributed by atoms with van der Waals surface area (Å²) in [6.45, 7) is 2.13. The van der Waals surface area contributed by atoms with Crippen molar-refractivity contribution in [2.45, 2.75) is 6.92 Å². The van der Waals surface area contributed by atoms with Crippen LogP contribution in [0.1, 0.15) is 15.5 Å². The highest BCUT2D eigenvalue weighted by Gasteiger charge is 2.17. The van der Waals surface area contributed by atoms with E-state index < -0.39 is 0 Å². The predicted molar refractivity (Wildman–Crippen MR) is 63.8 cm³/mol. The first-order valence-corrected chi connectivity index (χ1v) is 5.92. The van der Waals surface area contributed by atoms with Gasteiger partial charge in [0.2, 0.25) is 6.79 Å². The molecule has 0 aliphatic carbocycles.